The summed E-state index contributed by atoms with van der Waals surface area (Å²) in [5, 5.41) is 0. The molecule has 1 aliphatic rings. The Balaban J connectivity index is 2.40. The van der Waals surface area contributed by atoms with E-state index in [-0.39, 0.29) is 5.54 Å². The Bertz CT molecular complexity index is 372. The number of hydrogen-bond donors (Lipinski definition) is 0. The summed E-state index contributed by atoms with van der Waals surface area (Å²) >= 11 is 0. The van der Waals surface area contributed by atoms with E-state index in [4.69, 9.17) is 4.99 Å². The van der Waals surface area contributed by atoms with E-state index in [1.54, 1.807) is 0 Å². The van der Waals surface area contributed by atoms with E-state index in [1.807, 2.05) is 12.4 Å². The molecule has 0 fully saturated rings. The molecule has 0 saturated heterocycles. The summed E-state index contributed by atoms with van der Waals surface area (Å²) in [5.74, 6) is 0. The highest BCUT2D eigenvalue weighted by Gasteiger charge is 2.19. The van der Waals surface area contributed by atoms with Crippen molar-refractivity contribution in [3.63, 3.8) is 0 Å². The molecule has 2 heteroatoms. The molecule has 0 spiro atoms. The van der Waals surface area contributed by atoms with Crippen molar-refractivity contribution >= 4 is 5.71 Å². The molecule has 0 radical (unpaired) electrons. The van der Waals surface area contributed by atoms with Crippen LogP contribution < -0.4 is 0 Å². The molecular weight excluding hydrogens is 172 g/mol. The molecule has 0 atom stereocenters. The van der Waals surface area contributed by atoms with Crippen LogP contribution in [0.25, 0.3) is 0 Å². The molecule has 0 aliphatic heterocycles. The lowest BCUT2D eigenvalue weighted by atomic mass is 10.1. The Morgan fingerprint density at radius 3 is 2.79 bits per heavy atom. The number of nitrogens with zero attached hydrogens (tertiary/aromatic N) is 2. The van der Waals surface area contributed by atoms with Crippen LogP contribution in [0.3, 0.4) is 0 Å². The Hall–Kier alpha value is -1.18. The molecule has 0 aromatic carbocycles. The van der Waals surface area contributed by atoms with Gasteiger partial charge in [-0.15, -0.1) is 0 Å². The molecule has 0 unspecified atom stereocenters. The molecule has 74 valence electrons. The second-order valence-electron chi connectivity index (χ2n) is 4.76. The van der Waals surface area contributed by atoms with Gasteiger partial charge in [0.2, 0.25) is 0 Å². The molecule has 0 bridgehead atoms. The van der Waals surface area contributed by atoms with Crippen molar-refractivity contribution in [3.8, 4) is 0 Å². The van der Waals surface area contributed by atoms with E-state index in [0.29, 0.717) is 0 Å². The fraction of sp³-hybridized carbons (Fsp3) is 0.500. The number of aliphatic imine (C=N–C) groups is 1. The molecule has 1 aliphatic carbocycles. The summed E-state index contributed by atoms with van der Waals surface area (Å²) in [5.41, 5.74) is 3.89. The summed E-state index contributed by atoms with van der Waals surface area (Å²) in [6, 6.07) is 2.10. The standard InChI is InChI=1S/C12H16N2/c1-12(2,3)14-11-5-4-9-6-7-13-8-10(9)11/h6-8H,4-5H2,1-3H3. The van der Waals surface area contributed by atoms with Crippen LogP contribution in [0.2, 0.25) is 0 Å². The minimum Gasteiger partial charge on any atom is -0.283 e. The van der Waals surface area contributed by atoms with E-state index in [2.05, 4.69) is 31.8 Å². The molecule has 0 amide bonds. The summed E-state index contributed by atoms with van der Waals surface area (Å²) in [7, 11) is 0. The zero-order valence-corrected chi connectivity index (χ0v) is 9.04. The van der Waals surface area contributed by atoms with Crippen molar-refractivity contribution in [2.24, 2.45) is 4.99 Å². The van der Waals surface area contributed by atoms with Crippen molar-refractivity contribution in [1.29, 1.82) is 0 Å². The van der Waals surface area contributed by atoms with Crippen molar-refractivity contribution < 1.29 is 0 Å². The Morgan fingerprint density at radius 1 is 1.29 bits per heavy atom. The van der Waals surface area contributed by atoms with Gasteiger partial charge in [-0.05, 0) is 45.2 Å². The lowest BCUT2D eigenvalue weighted by Crippen LogP contribution is -2.13. The molecule has 1 aromatic rings. The SMILES string of the molecule is CC(C)(C)N=C1CCc2ccncc21. The molecular formula is C12H16N2. The zero-order chi connectivity index (χ0) is 10.2. The van der Waals surface area contributed by atoms with Gasteiger partial charge in [0.1, 0.15) is 0 Å². The highest BCUT2D eigenvalue weighted by atomic mass is 14.8. The predicted octanol–water partition coefficient (Wildman–Crippen LogP) is 2.62. The molecule has 0 N–H and O–H groups in total. The lowest BCUT2D eigenvalue weighted by Gasteiger charge is -2.13. The Kier molecular flexibility index (Phi) is 2.14. The monoisotopic (exact) mass is 188 g/mol. The Morgan fingerprint density at radius 2 is 2.07 bits per heavy atom. The van der Waals surface area contributed by atoms with Crippen LogP contribution in [0.4, 0.5) is 0 Å². The fourth-order valence-corrected chi connectivity index (χ4v) is 1.81. The second kappa shape index (κ2) is 3.19. The average molecular weight is 188 g/mol. The molecule has 1 heterocycles. The minimum absolute atomic E-state index is 0.0206. The van der Waals surface area contributed by atoms with Gasteiger partial charge in [-0.25, -0.2) is 0 Å². The van der Waals surface area contributed by atoms with Crippen LogP contribution in [-0.4, -0.2) is 16.2 Å². The van der Waals surface area contributed by atoms with E-state index >= 15 is 0 Å². The van der Waals surface area contributed by atoms with Gasteiger partial charge < -0.3 is 0 Å². The zero-order valence-electron chi connectivity index (χ0n) is 9.04. The largest absolute Gasteiger partial charge is 0.283 e. The fourth-order valence-electron chi connectivity index (χ4n) is 1.81. The number of pyridine rings is 1. The maximum absolute atomic E-state index is 4.73. The highest BCUT2D eigenvalue weighted by Crippen LogP contribution is 2.23. The van der Waals surface area contributed by atoms with Crippen molar-refractivity contribution in [3.05, 3.63) is 29.6 Å². The predicted molar refractivity (Wildman–Crippen MR) is 58.8 cm³/mol. The van der Waals surface area contributed by atoms with Crippen LogP contribution in [0, 0.1) is 0 Å². The van der Waals surface area contributed by atoms with Crippen LogP contribution in [0.15, 0.2) is 23.5 Å². The third-order valence-electron chi connectivity index (χ3n) is 2.32. The second-order valence-corrected chi connectivity index (χ2v) is 4.76. The van der Waals surface area contributed by atoms with Gasteiger partial charge in [0.25, 0.3) is 0 Å². The first kappa shape index (κ1) is 9.38. The van der Waals surface area contributed by atoms with Crippen LogP contribution >= 0.6 is 0 Å². The summed E-state index contributed by atoms with van der Waals surface area (Å²) < 4.78 is 0. The van der Waals surface area contributed by atoms with Gasteiger partial charge in [-0.2, -0.15) is 0 Å². The van der Waals surface area contributed by atoms with Gasteiger partial charge in [-0.3, -0.25) is 9.98 Å². The number of aromatic nitrogens is 1. The highest BCUT2D eigenvalue weighted by molar-refractivity contribution is 6.04. The molecule has 0 saturated carbocycles. The molecule has 2 nitrogen and oxygen atoms in total. The van der Waals surface area contributed by atoms with Gasteiger partial charge in [0.05, 0.1) is 5.54 Å². The number of aryl methyl sites for hydroxylation is 1. The van der Waals surface area contributed by atoms with Crippen LogP contribution in [0.1, 0.15) is 38.3 Å². The molecule has 14 heavy (non-hydrogen) atoms. The van der Waals surface area contributed by atoms with Gasteiger partial charge in [0, 0.05) is 23.7 Å². The maximum Gasteiger partial charge on any atom is 0.0527 e. The van der Waals surface area contributed by atoms with E-state index < -0.39 is 0 Å². The smallest absolute Gasteiger partial charge is 0.0527 e. The first-order chi connectivity index (χ1) is 6.56. The lowest BCUT2D eigenvalue weighted by molar-refractivity contribution is 0.583. The third kappa shape index (κ3) is 1.84. The van der Waals surface area contributed by atoms with E-state index in [9.17, 15) is 0 Å². The molecule has 1 aromatic heterocycles. The van der Waals surface area contributed by atoms with Gasteiger partial charge >= 0.3 is 0 Å². The third-order valence-corrected chi connectivity index (χ3v) is 2.32. The molecule has 2 rings (SSSR count). The first-order valence-electron chi connectivity index (χ1n) is 5.08. The van der Waals surface area contributed by atoms with Crippen molar-refractivity contribution in [1.82, 2.24) is 4.98 Å². The van der Waals surface area contributed by atoms with Gasteiger partial charge in [0.15, 0.2) is 0 Å². The summed E-state index contributed by atoms with van der Waals surface area (Å²) in [4.78, 5) is 8.88. The topological polar surface area (TPSA) is 25.2 Å². The van der Waals surface area contributed by atoms with Crippen molar-refractivity contribution in [2.75, 3.05) is 0 Å². The number of rotatable bonds is 0. The van der Waals surface area contributed by atoms with E-state index in [1.165, 1.54) is 16.8 Å². The normalized spacial score (nSPS) is 18.6. The van der Waals surface area contributed by atoms with Gasteiger partial charge in [-0.1, -0.05) is 0 Å². The summed E-state index contributed by atoms with van der Waals surface area (Å²) in [6.45, 7) is 6.40. The van der Waals surface area contributed by atoms with Crippen LogP contribution in [0.5, 0.6) is 0 Å². The van der Waals surface area contributed by atoms with Crippen LogP contribution in [-0.2, 0) is 6.42 Å². The number of hydrogen-bond acceptors (Lipinski definition) is 2. The number of fused-ring (bicyclic) bond motifs is 1. The van der Waals surface area contributed by atoms with E-state index in [0.717, 1.165) is 12.8 Å². The average Bonchev–Trinajstić information content (AvgIpc) is 2.47. The first-order valence-corrected chi connectivity index (χ1v) is 5.08. The summed E-state index contributed by atoms with van der Waals surface area (Å²) in [6.07, 6.45) is 5.98. The quantitative estimate of drug-likeness (QED) is 0.614. The maximum atomic E-state index is 4.73. The van der Waals surface area contributed by atoms with Crippen molar-refractivity contribution in [2.45, 2.75) is 39.2 Å². The minimum atomic E-state index is 0.0206. The Labute approximate surface area is 85.1 Å².